The number of amides is 2. The lowest BCUT2D eigenvalue weighted by molar-refractivity contribution is -0.159. The van der Waals surface area contributed by atoms with E-state index in [2.05, 4.69) is 17.7 Å². The lowest BCUT2D eigenvalue weighted by Gasteiger charge is -2.45. The van der Waals surface area contributed by atoms with Gasteiger partial charge in [-0.15, -0.1) is 0 Å². The Hall–Kier alpha value is -1.83. The lowest BCUT2D eigenvalue weighted by atomic mass is 9.69. The lowest BCUT2D eigenvalue weighted by Crippen LogP contribution is -2.57. The maximum absolute atomic E-state index is 12.9. The molecular formula is C27H50N2O6. The van der Waals surface area contributed by atoms with Gasteiger partial charge in [0.25, 0.3) is 5.91 Å². The minimum Gasteiger partial charge on any atom is -0.444 e. The van der Waals surface area contributed by atoms with Gasteiger partial charge in [-0.3, -0.25) is 4.79 Å². The van der Waals surface area contributed by atoms with E-state index in [1.807, 2.05) is 34.6 Å². The summed E-state index contributed by atoms with van der Waals surface area (Å²) < 4.78 is 5.57. The van der Waals surface area contributed by atoms with Crippen LogP contribution in [0, 0.1) is 11.8 Å². The van der Waals surface area contributed by atoms with Gasteiger partial charge >= 0.3 is 12.1 Å². The van der Waals surface area contributed by atoms with Crippen molar-refractivity contribution in [3.63, 3.8) is 0 Å². The second-order valence-corrected chi connectivity index (χ2v) is 11.6. The van der Waals surface area contributed by atoms with Gasteiger partial charge in [0.05, 0.1) is 12.5 Å². The van der Waals surface area contributed by atoms with Crippen molar-refractivity contribution in [3.05, 3.63) is 0 Å². The first kappa shape index (κ1) is 31.2. The van der Waals surface area contributed by atoms with Crippen molar-refractivity contribution in [2.75, 3.05) is 0 Å². The predicted molar refractivity (Wildman–Crippen MR) is 136 cm³/mol. The Labute approximate surface area is 212 Å². The highest BCUT2D eigenvalue weighted by molar-refractivity contribution is 5.77. The van der Waals surface area contributed by atoms with E-state index in [-0.39, 0.29) is 18.2 Å². The number of ether oxygens (including phenoxy) is 1. The van der Waals surface area contributed by atoms with Gasteiger partial charge in [-0.2, -0.15) is 5.48 Å². The standard InChI is InChI=1S/C27H50N2O6/c1-7-8-10-15-23(31)29-35-24(32)16-17-27(19-22(30)18-20(2)3,21-13-11-9-12-14-21)28-25(33)34-26(4,5)6/h20-22,30H,7-19H2,1-6H3,(H,28,33)(H,29,31). The average molecular weight is 499 g/mol. The fourth-order valence-electron chi connectivity index (χ4n) is 4.98. The van der Waals surface area contributed by atoms with Crippen LogP contribution in [0.4, 0.5) is 4.79 Å². The maximum atomic E-state index is 12.9. The summed E-state index contributed by atoms with van der Waals surface area (Å²) in [6, 6.07) is 0. The van der Waals surface area contributed by atoms with Gasteiger partial charge in [0.2, 0.25) is 0 Å². The second kappa shape index (κ2) is 15.3. The Morgan fingerprint density at radius 1 is 1.03 bits per heavy atom. The van der Waals surface area contributed by atoms with Crippen LogP contribution >= 0.6 is 0 Å². The van der Waals surface area contributed by atoms with Crippen molar-refractivity contribution in [1.29, 1.82) is 0 Å². The number of aliphatic hydroxyl groups excluding tert-OH is 1. The van der Waals surface area contributed by atoms with Gasteiger partial charge < -0.3 is 20.0 Å². The molecule has 1 saturated carbocycles. The molecule has 8 nitrogen and oxygen atoms in total. The highest BCUT2D eigenvalue weighted by Crippen LogP contribution is 2.39. The number of unbranched alkanes of at least 4 members (excludes halogenated alkanes) is 2. The molecule has 0 aromatic heterocycles. The number of hydrogen-bond acceptors (Lipinski definition) is 6. The summed E-state index contributed by atoms with van der Waals surface area (Å²) in [5, 5.41) is 14.0. The van der Waals surface area contributed by atoms with Gasteiger partial charge in [-0.05, 0) is 71.1 Å². The molecule has 0 bridgehead atoms. The van der Waals surface area contributed by atoms with E-state index in [4.69, 9.17) is 9.57 Å². The summed E-state index contributed by atoms with van der Waals surface area (Å²) in [6.45, 7) is 11.6. The van der Waals surface area contributed by atoms with Crippen LogP contribution in [0.2, 0.25) is 0 Å². The summed E-state index contributed by atoms with van der Waals surface area (Å²) in [5.41, 5.74) is 0.775. The summed E-state index contributed by atoms with van der Waals surface area (Å²) >= 11 is 0. The van der Waals surface area contributed by atoms with Crippen LogP contribution in [0.3, 0.4) is 0 Å². The number of hydrogen-bond donors (Lipinski definition) is 3. The molecule has 35 heavy (non-hydrogen) atoms. The molecule has 2 amide bonds. The Bertz CT molecular complexity index is 655. The molecule has 8 heteroatoms. The fraction of sp³-hybridized carbons (Fsp3) is 0.889. The van der Waals surface area contributed by atoms with Gasteiger partial charge in [0.15, 0.2) is 0 Å². The van der Waals surface area contributed by atoms with E-state index in [0.717, 1.165) is 51.4 Å². The monoisotopic (exact) mass is 498 g/mol. The van der Waals surface area contributed by atoms with Crippen LogP contribution in [-0.4, -0.2) is 40.3 Å². The Kier molecular flexibility index (Phi) is 13.7. The molecule has 0 aromatic rings. The predicted octanol–water partition coefficient (Wildman–Crippen LogP) is 5.56. The van der Waals surface area contributed by atoms with Crippen molar-refractivity contribution >= 4 is 18.0 Å². The molecule has 1 aliphatic carbocycles. The first-order chi connectivity index (χ1) is 16.4. The SMILES string of the molecule is CCCCCC(=O)NOC(=O)CCC(CC(O)CC(C)C)(NC(=O)OC(C)(C)C)C1CCCCC1. The topological polar surface area (TPSA) is 114 Å². The number of rotatable bonds is 13. The normalized spacial score (nSPS) is 17.4. The minimum atomic E-state index is -0.804. The molecular weight excluding hydrogens is 448 g/mol. The largest absolute Gasteiger partial charge is 0.444 e. The average Bonchev–Trinajstić information content (AvgIpc) is 2.75. The minimum absolute atomic E-state index is 0.00986. The zero-order valence-corrected chi connectivity index (χ0v) is 22.9. The van der Waals surface area contributed by atoms with E-state index in [0.29, 0.717) is 31.6 Å². The highest BCUT2D eigenvalue weighted by atomic mass is 16.7. The molecule has 1 aliphatic rings. The highest BCUT2D eigenvalue weighted by Gasteiger charge is 2.43. The van der Waals surface area contributed by atoms with Crippen molar-refractivity contribution in [2.45, 2.75) is 142 Å². The van der Waals surface area contributed by atoms with Crippen molar-refractivity contribution in [1.82, 2.24) is 10.8 Å². The summed E-state index contributed by atoms with van der Waals surface area (Å²) in [4.78, 5) is 42.4. The van der Waals surface area contributed by atoms with Crippen molar-refractivity contribution in [3.8, 4) is 0 Å². The van der Waals surface area contributed by atoms with Gasteiger partial charge in [0, 0.05) is 12.0 Å². The fourth-order valence-corrected chi connectivity index (χ4v) is 4.98. The molecule has 0 aliphatic heterocycles. The second-order valence-electron chi connectivity index (χ2n) is 11.6. The quantitative estimate of drug-likeness (QED) is 0.226. The van der Waals surface area contributed by atoms with Gasteiger partial charge in [0.1, 0.15) is 5.60 Å². The maximum Gasteiger partial charge on any atom is 0.408 e. The Morgan fingerprint density at radius 3 is 2.26 bits per heavy atom. The number of carbonyl (C=O) groups excluding carboxylic acids is 3. The number of carbonyl (C=O) groups is 3. The molecule has 2 atom stereocenters. The Morgan fingerprint density at radius 2 is 1.69 bits per heavy atom. The van der Waals surface area contributed by atoms with Crippen LogP contribution < -0.4 is 10.8 Å². The molecule has 0 aromatic carbocycles. The van der Waals surface area contributed by atoms with Gasteiger partial charge in [-0.1, -0.05) is 52.9 Å². The molecule has 2 unspecified atom stereocenters. The summed E-state index contributed by atoms with van der Waals surface area (Å²) in [5.74, 6) is -0.464. The van der Waals surface area contributed by atoms with Crippen LogP contribution in [0.1, 0.15) is 125 Å². The van der Waals surface area contributed by atoms with E-state index in [9.17, 15) is 19.5 Å². The van der Waals surface area contributed by atoms with Crippen LogP contribution in [0.5, 0.6) is 0 Å². The molecule has 1 fully saturated rings. The molecule has 0 heterocycles. The van der Waals surface area contributed by atoms with Crippen molar-refractivity contribution in [2.24, 2.45) is 11.8 Å². The summed E-state index contributed by atoms with van der Waals surface area (Å²) in [7, 11) is 0. The van der Waals surface area contributed by atoms with E-state index < -0.39 is 29.3 Å². The molecule has 0 saturated heterocycles. The number of aliphatic hydroxyl groups is 1. The third-order valence-electron chi connectivity index (χ3n) is 6.54. The number of alkyl carbamates (subject to hydrolysis) is 1. The molecule has 204 valence electrons. The first-order valence-corrected chi connectivity index (χ1v) is 13.5. The number of hydroxylamine groups is 1. The van der Waals surface area contributed by atoms with Crippen LogP contribution in [-0.2, 0) is 19.2 Å². The third kappa shape index (κ3) is 13.2. The zero-order valence-electron chi connectivity index (χ0n) is 22.9. The summed E-state index contributed by atoms with van der Waals surface area (Å²) in [6.07, 6.45) is 8.14. The van der Waals surface area contributed by atoms with Crippen LogP contribution in [0.25, 0.3) is 0 Å². The smallest absolute Gasteiger partial charge is 0.408 e. The van der Waals surface area contributed by atoms with E-state index >= 15 is 0 Å². The van der Waals surface area contributed by atoms with E-state index in [1.54, 1.807) is 0 Å². The van der Waals surface area contributed by atoms with E-state index in [1.165, 1.54) is 0 Å². The third-order valence-corrected chi connectivity index (χ3v) is 6.54. The molecule has 1 rings (SSSR count). The van der Waals surface area contributed by atoms with Crippen molar-refractivity contribution < 1.29 is 29.1 Å². The number of nitrogens with one attached hydrogen (secondary N) is 2. The first-order valence-electron chi connectivity index (χ1n) is 13.5. The van der Waals surface area contributed by atoms with Gasteiger partial charge in [-0.25, -0.2) is 9.59 Å². The Balaban J connectivity index is 2.99. The molecule has 0 radical (unpaired) electrons. The zero-order chi connectivity index (χ0) is 26.5. The van der Waals surface area contributed by atoms with Crippen LogP contribution in [0.15, 0.2) is 0 Å². The molecule has 3 N–H and O–H groups in total. The molecule has 0 spiro atoms.